The lowest BCUT2D eigenvalue weighted by Gasteiger charge is -2.38. The average Bonchev–Trinajstić information content (AvgIpc) is 3.07. The van der Waals surface area contributed by atoms with Crippen LogP contribution in [0.3, 0.4) is 0 Å². The molecule has 0 saturated carbocycles. The van der Waals surface area contributed by atoms with Crippen molar-refractivity contribution in [2.24, 2.45) is 0 Å². The number of nitrogens with zero attached hydrogens (tertiary/aromatic N) is 3. The van der Waals surface area contributed by atoms with Crippen molar-refractivity contribution in [3.8, 4) is 11.5 Å². The summed E-state index contributed by atoms with van der Waals surface area (Å²) in [7, 11) is 3.03. The van der Waals surface area contributed by atoms with Crippen LogP contribution in [0.5, 0.6) is 11.5 Å². The highest BCUT2D eigenvalue weighted by atomic mass is 19.1. The largest absolute Gasteiger partial charge is 0.497 e. The standard InChI is InChI=1S/C22H24FN3O4/c1-29-15-7-8-18(20(13-15)30-2)26-21(27)14-19(22(26)28)25-11-9-24(10-12-25)17-6-4-3-5-16(17)23/h3-8,13,19H,9-12,14H2,1-2H3/t19-/m0/s1. The monoisotopic (exact) mass is 413 g/mol. The molecule has 2 amide bonds. The second-order valence-electron chi connectivity index (χ2n) is 7.30. The Bertz CT molecular complexity index is 959. The zero-order valence-electron chi connectivity index (χ0n) is 17.0. The zero-order chi connectivity index (χ0) is 21.3. The van der Waals surface area contributed by atoms with Crippen LogP contribution in [0.4, 0.5) is 15.8 Å². The number of rotatable bonds is 5. The molecule has 0 aliphatic carbocycles. The Balaban J connectivity index is 1.48. The number of carbonyl (C=O) groups is 2. The van der Waals surface area contributed by atoms with E-state index in [4.69, 9.17) is 9.47 Å². The molecule has 7 nitrogen and oxygen atoms in total. The van der Waals surface area contributed by atoms with Crippen molar-refractivity contribution in [3.05, 3.63) is 48.3 Å². The van der Waals surface area contributed by atoms with Gasteiger partial charge in [-0.1, -0.05) is 12.1 Å². The molecule has 0 radical (unpaired) electrons. The molecule has 2 saturated heterocycles. The number of halogens is 1. The lowest BCUT2D eigenvalue weighted by molar-refractivity contribution is -0.123. The first-order valence-electron chi connectivity index (χ1n) is 9.86. The first kappa shape index (κ1) is 20.2. The van der Waals surface area contributed by atoms with E-state index in [9.17, 15) is 14.0 Å². The summed E-state index contributed by atoms with van der Waals surface area (Å²) in [6, 6.07) is 11.2. The predicted octanol–water partition coefficient (Wildman–Crippen LogP) is 2.30. The fourth-order valence-electron chi connectivity index (χ4n) is 4.11. The summed E-state index contributed by atoms with van der Waals surface area (Å²) in [5.74, 6) is 0.209. The smallest absolute Gasteiger partial charge is 0.251 e. The number of hydrogen-bond acceptors (Lipinski definition) is 6. The van der Waals surface area contributed by atoms with Gasteiger partial charge >= 0.3 is 0 Å². The Labute approximate surface area is 174 Å². The Morgan fingerprint density at radius 3 is 2.33 bits per heavy atom. The number of benzene rings is 2. The van der Waals surface area contributed by atoms with Gasteiger partial charge in [0.25, 0.3) is 5.91 Å². The van der Waals surface area contributed by atoms with E-state index >= 15 is 0 Å². The number of anilines is 2. The van der Waals surface area contributed by atoms with Gasteiger partial charge in [-0.25, -0.2) is 9.29 Å². The number of hydrogen-bond donors (Lipinski definition) is 0. The maximum absolute atomic E-state index is 14.1. The molecule has 0 bridgehead atoms. The zero-order valence-corrected chi connectivity index (χ0v) is 17.0. The highest BCUT2D eigenvalue weighted by Crippen LogP contribution is 2.36. The summed E-state index contributed by atoms with van der Waals surface area (Å²) in [4.78, 5) is 31.0. The second-order valence-corrected chi connectivity index (χ2v) is 7.30. The first-order valence-corrected chi connectivity index (χ1v) is 9.86. The Morgan fingerprint density at radius 2 is 1.67 bits per heavy atom. The molecule has 30 heavy (non-hydrogen) atoms. The molecular formula is C22H24FN3O4. The summed E-state index contributed by atoms with van der Waals surface area (Å²) in [6.45, 7) is 2.33. The molecule has 0 N–H and O–H groups in total. The molecule has 2 heterocycles. The van der Waals surface area contributed by atoms with E-state index in [0.717, 1.165) is 0 Å². The van der Waals surface area contributed by atoms with Gasteiger partial charge in [-0.2, -0.15) is 0 Å². The van der Waals surface area contributed by atoms with Gasteiger partial charge in [0.2, 0.25) is 5.91 Å². The fourth-order valence-corrected chi connectivity index (χ4v) is 4.11. The molecule has 2 aromatic rings. The molecule has 158 valence electrons. The number of carbonyl (C=O) groups excluding carboxylic acids is 2. The summed E-state index contributed by atoms with van der Waals surface area (Å²) in [6.07, 6.45) is 0.119. The van der Waals surface area contributed by atoms with Crippen molar-refractivity contribution < 1.29 is 23.5 Å². The van der Waals surface area contributed by atoms with Crippen LogP contribution in [0.25, 0.3) is 0 Å². The van der Waals surface area contributed by atoms with Gasteiger partial charge in [-0.15, -0.1) is 0 Å². The van der Waals surface area contributed by atoms with E-state index < -0.39 is 6.04 Å². The molecular weight excluding hydrogens is 389 g/mol. The second kappa shape index (κ2) is 8.31. The molecule has 0 unspecified atom stereocenters. The molecule has 4 rings (SSSR count). The number of methoxy groups -OCH3 is 2. The van der Waals surface area contributed by atoms with Crippen LogP contribution in [0, 0.1) is 5.82 Å². The lowest BCUT2D eigenvalue weighted by atomic mass is 10.1. The minimum Gasteiger partial charge on any atom is -0.497 e. The SMILES string of the molecule is COc1ccc(N2C(=O)C[C@H](N3CCN(c4ccccc4F)CC3)C2=O)c(OC)c1. The number of ether oxygens (including phenoxy) is 2. The quantitative estimate of drug-likeness (QED) is 0.701. The van der Waals surface area contributed by atoms with E-state index in [1.807, 2.05) is 15.9 Å². The molecule has 8 heteroatoms. The first-order chi connectivity index (χ1) is 14.5. The van der Waals surface area contributed by atoms with Crippen molar-refractivity contribution in [1.82, 2.24) is 4.90 Å². The van der Waals surface area contributed by atoms with Crippen molar-refractivity contribution >= 4 is 23.2 Å². The van der Waals surface area contributed by atoms with Gasteiger partial charge < -0.3 is 14.4 Å². The average molecular weight is 413 g/mol. The van der Waals surface area contributed by atoms with Crippen LogP contribution < -0.4 is 19.3 Å². The molecule has 2 aliphatic rings. The Hall–Kier alpha value is -3.13. The normalized spacial score (nSPS) is 20.0. The van der Waals surface area contributed by atoms with Crippen molar-refractivity contribution in [2.75, 3.05) is 50.2 Å². The van der Waals surface area contributed by atoms with Crippen molar-refractivity contribution in [1.29, 1.82) is 0 Å². The minimum atomic E-state index is -0.521. The van der Waals surface area contributed by atoms with E-state index in [1.54, 1.807) is 30.3 Å². The molecule has 0 spiro atoms. The van der Waals surface area contributed by atoms with Gasteiger partial charge in [0.1, 0.15) is 17.3 Å². The van der Waals surface area contributed by atoms with Crippen LogP contribution in [-0.2, 0) is 9.59 Å². The van der Waals surface area contributed by atoms with Crippen molar-refractivity contribution in [3.63, 3.8) is 0 Å². The van der Waals surface area contributed by atoms with Crippen LogP contribution in [0.15, 0.2) is 42.5 Å². The predicted molar refractivity (Wildman–Crippen MR) is 111 cm³/mol. The van der Waals surface area contributed by atoms with Gasteiger partial charge in [-0.3, -0.25) is 14.5 Å². The van der Waals surface area contributed by atoms with E-state index in [1.165, 1.54) is 25.2 Å². The van der Waals surface area contributed by atoms with E-state index in [2.05, 4.69) is 0 Å². The van der Waals surface area contributed by atoms with Gasteiger partial charge in [0.05, 0.1) is 38.1 Å². The number of piperazine rings is 1. The summed E-state index contributed by atoms with van der Waals surface area (Å²) in [5.41, 5.74) is 0.983. The van der Waals surface area contributed by atoms with Crippen LogP contribution in [-0.4, -0.2) is 63.2 Å². The van der Waals surface area contributed by atoms with Gasteiger partial charge in [0, 0.05) is 32.2 Å². The minimum absolute atomic E-state index is 0.119. The number of imide groups is 1. The van der Waals surface area contributed by atoms with Crippen LogP contribution in [0.2, 0.25) is 0 Å². The van der Waals surface area contributed by atoms with E-state index in [-0.39, 0.29) is 24.1 Å². The highest BCUT2D eigenvalue weighted by Gasteiger charge is 2.44. The summed E-state index contributed by atoms with van der Waals surface area (Å²) in [5, 5.41) is 0. The van der Waals surface area contributed by atoms with Gasteiger partial charge in [0.15, 0.2) is 0 Å². The third kappa shape index (κ3) is 3.59. The lowest BCUT2D eigenvalue weighted by Crippen LogP contribution is -2.52. The molecule has 2 aromatic carbocycles. The maximum atomic E-state index is 14.1. The van der Waals surface area contributed by atoms with E-state index in [0.29, 0.717) is 49.1 Å². The van der Waals surface area contributed by atoms with Crippen LogP contribution in [0.1, 0.15) is 6.42 Å². The van der Waals surface area contributed by atoms with Crippen molar-refractivity contribution in [2.45, 2.75) is 12.5 Å². The molecule has 2 fully saturated rings. The van der Waals surface area contributed by atoms with Gasteiger partial charge in [-0.05, 0) is 24.3 Å². The van der Waals surface area contributed by atoms with Crippen LogP contribution >= 0.6 is 0 Å². The highest BCUT2D eigenvalue weighted by molar-refractivity contribution is 6.23. The molecule has 1 atom stereocenters. The number of para-hydroxylation sites is 1. The molecule has 0 aromatic heterocycles. The topological polar surface area (TPSA) is 62.3 Å². The third-order valence-corrected chi connectivity index (χ3v) is 5.70. The number of amides is 2. The molecule has 2 aliphatic heterocycles. The Morgan fingerprint density at radius 1 is 0.933 bits per heavy atom. The fraction of sp³-hybridized carbons (Fsp3) is 0.364. The Kier molecular flexibility index (Phi) is 5.59. The maximum Gasteiger partial charge on any atom is 0.251 e. The summed E-state index contributed by atoms with van der Waals surface area (Å²) >= 11 is 0. The summed E-state index contributed by atoms with van der Waals surface area (Å²) < 4.78 is 24.6. The third-order valence-electron chi connectivity index (χ3n) is 5.70.